The van der Waals surface area contributed by atoms with Crippen LogP contribution in [0.3, 0.4) is 0 Å². The Labute approximate surface area is 74.4 Å². The molecule has 2 nitrogen and oxygen atoms in total. The van der Waals surface area contributed by atoms with E-state index < -0.39 is 11.8 Å². The van der Waals surface area contributed by atoms with Crippen molar-refractivity contribution in [3.05, 3.63) is 35.1 Å². The Balaban J connectivity index is 3.17. The monoisotopic (exact) mass is 186 g/mol. The number of carboxylic acid groups (broad SMARTS) is 1. The molecule has 4 heteroatoms. The van der Waals surface area contributed by atoms with E-state index in [0.717, 1.165) is 6.07 Å². The summed E-state index contributed by atoms with van der Waals surface area (Å²) in [5.74, 6) is -1.57. The molecule has 0 aliphatic heterocycles. The zero-order valence-electron chi connectivity index (χ0n) is 6.12. The first-order chi connectivity index (χ1) is 5.65. The Bertz CT molecular complexity index is 312. The molecule has 0 spiro atoms. The number of carboxylic acids is 1. The van der Waals surface area contributed by atoms with Crippen LogP contribution in [0.15, 0.2) is 18.2 Å². The first kappa shape index (κ1) is 9.06. The second-order valence-corrected chi connectivity index (χ2v) is 2.59. The van der Waals surface area contributed by atoms with Gasteiger partial charge in [0.05, 0.1) is 5.56 Å². The topological polar surface area (TPSA) is 37.3 Å². The van der Waals surface area contributed by atoms with E-state index in [9.17, 15) is 9.18 Å². The molecule has 0 aliphatic carbocycles. The molecule has 0 heterocycles. The van der Waals surface area contributed by atoms with Gasteiger partial charge in [-0.15, -0.1) is 0 Å². The van der Waals surface area contributed by atoms with Gasteiger partial charge in [-0.3, -0.25) is 0 Å². The van der Waals surface area contributed by atoms with E-state index in [1.54, 1.807) is 0 Å². The molecule has 0 saturated carbocycles. The van der Waals surface area contributed by atoms with Gasteiger partial charge in [-0.25, -0.2) is 9.18 Å². The van der Waals surface area contributed by atoms with Crippen molar-refractivity contribution in [3.8, 4) is 0 Å². The number of benzene rings is 1. The van der Waals surface area contributed by atoms with Crippen LogP contribution in [0.1, 0.15) is 15.9 Å². The number of hydrogen-bond acceptors (Lipinski definition) is 2. The number of aromatic carboxylic acids is 1. The molecule has 0 amide bonds. The largest absolute Gasteiger partial charge is 0.478 e. The quantitative estimate of drug-likeness (QED) is 0.693. The van der Waals surface area contributed by atoms with Crippen molar-refractivity contribution in [2.75, 3.05) is 0 Å². The molecular weight excluding hydrogens is 179 g/mol. The fourth-order valence-electron chi connectivity index (χ4n) is 0.835. The third kappa shape index (κ3) is 1.76. The fraction of sp³-hybridized carbons (Fsp3) is 0.125. The molecule has 0 unspecified atom stereocenters. The number of hydrogen-bond donors (Lipinski definition) is 2. The van der Waals surface area contributed by atoms with Crippen molar-refractivity contribution in [1.82, 2.24) is 0 Å². The zero-order chi connectivity index (χ0) is 9.14. The number of thiol groups is 1. The summed E-state index contributed by atoms with van der Waals surface area (Å²) < 4.78 is 12.8. The molecule has 0 aliphatic rings. The van der Waals surface area contributed by atoms with Gasteiger partial charge in [0.25, 0.3) is 0 Å². The predicted octanol–water partition coefficient (Wildman–Crippen LogP) is 1.95. The number of halogens is 1. The van der Waals surface area contributed by atoms with E-state index >= 15 is 0 Å². The van der Waals surface area contributed by atoms with Crippen molar-refractivity contribution in [3.63, 3.8) is 0 Å². The molecule has 0 aromatic heterocycles. The third-order valence-corrected chi connectivity index (χ3v) is 1.81. The van der Waals surface area contributed by atoms with Crippen molar-refractivity contribution in [2.24, 2.45) is 0 Å². The van der Waals surface area contributed by atoms with Gasteiger partial charge >= 0.3 is 5.97 Å². The molecule has 1 aromatic rings. The van der Waals surface area contributed by atoms with Gasteiger partial charge in [0.15, 0.2) is 0 Å². The normalized spacial score (nSPS) is 9.83. The van der Waals surface area contributed by atoms with Gasteiger partial charge in [-0.2, -0.15) is 12.6 Å². The van der Waals surface area contributed by atoms with E-state index in [2.05, 4.69) is 12.6 Å². The van der Waals surface area contributed by atoms with Gasteiger partial charge in [-0.1, -0.05) is 6.07 Å². The lowest BCUT2D eigenvalue weighted by Gasteiger charge is -1.99. The lowest BCUT2D eigenvalue weighted by atomic mass is 10.1. The summed E-state index contributed by atoms with van der Waals surface area (Å²) >= 11 is 3.94. The minimum Gasteiger partial charge on any atom is -0.478 e. The van der Waals surface area contributed by atoms with Crippen LogP contribution in [-0.2, 0) is 5.75 Å². The van der Waals surface area contributed by atoms with Crippen LogP contribution in [0.4, 0.5) is 4.39 Å². The highest BCUT2D eigenvalue weighted by atomic mass is 32.1. The highest BCUT2D eigenvalue weighted by Crippen LogP contribution is 2.11. The highest BCUT2D eigenvalue weighted by Gasteiger charge is 2.09. The molecule has 0 bridgehead atoms. The molecule has 1 N–H and O–H groups in total. The summed E-state index contributed by atoms with van der Waals surface area (Å²) in [6, 6.07) is 3.93. The molecule has 0 radical (unpaired) electrons. The first-order valence-corrected chi connectivity index (χ1v) is 3.91. The molecule has 64 valence electrons. The summed E-state index contributed by atoms with van der Waals surface area (Å²) in [5, 5.41) is 8.52. The van der Waals surface area contributed by atoms with E-state index in [-0.39, 0.29) is 5.56 Å². The summed E-state index contributed by atoms with van der Waals surface area (Å²) in [5.41, 5.74) is 0.388. The van der Waals surface area contributed by atoms with Crippen LogP contribution in [0.2, 0.25) is 0 Å². The zero-order valence-corrected chi connectivity index (χ0v) is 7.01. The van der Waals surface area contributed by atoms with Crippen LogP contribution in [0, 0.1) is 5.82 Å². The molecular formula is C8H7FO2S. The minimum atomic E-state index is -1.25. The Morgan fingerprint density at radius 1 is 1.58 bits per heavy atom. The van der Waals surface area contributed by atoms with Gasteiger partial charge in [0.2, 0.25) is 0 Å². The SMILES string of the molecule is O=C(O)c1cc(CS)ccc1F. The summed E-state index contributed by atoms with van der Waals surface area (Å²) in [7, 11) is 0. The van der Waals surface area contributed by atoms with Gasteiger partial charge in [-0.05, 0) is 17.7 Å². The Morgan fingerprint density at radius 3 is 2.75 bits per heavy atom. The average Bonchev–Trinajstić information content (AvgIpc) is 2.05. The average molecular weight is 186 g/mol. The second kappa shape index (κ2) is 3.58. The van der Waals surface area contributed by atoms with Crippen molar-refractivity contribution < 1.29 is 14.3 Å². The molecule has 0 atom stereocenters. The number of carbonyl (C=O) groups is 1. The maximum Gasteiger partial charge on any atom is 0.338 e. The number of rotatable bonds is 2. The maximum atomic E-state index is 12.8. The van der Waals surface area contributed by atoms with E-state index in [0.29, 0.717) is 11.3 Å². The molecule has 0 fully saturated rings. The lowest BCUT2D eigenvalue weighted by Crippen LogP contribution is -2.00. The van der Waals surface area contributed by atoms with Crippen molar-refractivity contribution in [1.29, 1.82) is 0 Å². The third-order valence-electron chi connectivity index (χ3n) is 1.44. The van der Waals surface area contributed by atoms with Crippen LogP contribution in [0.25, 0.3) is 0 Å². The highest BCUT2D eigenvalue weighted by molar-refractivity contribution is 7.79. The van der Waals surface area contributed by atoms with Gasteiger partial charge in [0.1, 0.15) is 5.82 Å². The Morgan fingerprint density at radius 2 is 2.25 bits per heavy atom. The Hall–Kier alpha value is -1.03. The van der Waals surface area contributed by atoms with Crippen LogP contribution >= 0.6 is 12.6 Å². The smallest absolute Gasteiger partial charge is 0.338 e. The standard InChI is InChI=1S/C8H7FO2S/c9-7-2-1-5(4-12)3-6(7)8(10)11/h1-3,12H,4H2,(H,10,11). The summed E-state index contributed by atoms with van der Waals surface area (Å²) in [6.07, 6.45) is 0. The molecule has 1 rings (SSSR count). The first-order valence-electron chi connectivity index (χ1n) is 3.27. The molecule has 0 saturated heterocycles. The second-order valence-electron chi connectivity index (χ2n) is 2.28. The predicted molar refractivity (Wildman–Crippen MR) is 46.0 cm³/mol. The van der Waals surface area contributed by atoms with Gasteiger partial charge in [0, 0.05) is 5.75 Å². The van der Waals surface area contributed by atoms with Crippen molar-refractivity contribution >= 4 is 18.6 Å². The molecule has 12 heavy (non-hydrogen) atoms. The summed E-state index contributed by atoms with van der Waals surface area (Å²) in [6.45, 7) is 0. The van der Waals surface area contributed by atoms with E-state index in [1.165, 1.54) is 12.1 Å². The van der Waals surface area contributed by atoms with E-state index in [4.69, 9.17) is 5.11 Å². The lowest BCUT2D eigenvalue weighted by molar-refractivity contribution is 0.0692. The van der Waals surface area contributed by atoms with Crippen molar-refractivity contribution in [2.45, 2.75) is 5.75 Å². The summed E-state index contributed by atoms with van der Waals surface area (Å²) in [4.78, 5) is 10.4. The van der Waals surface area contributed by atoms with Crippen LogP contribution in [-0.4, -0.2) is 11.1 Å². The van der Waals surface area contributed by atoms with Gasteiger partial charge < -0.3 is 5.11 Å². The minimum absolute atomic E-state index is 0.304. The fourth-order valence-corrected chi connectivity index (χ4v) is 1.03. The maximum absolute atomic E-state index is 12.8. The van der Waals surface area contributed by atoms with E-state index in [1.807, 2.05) is 0 Å². The van der Waals surface area contributed by atoms with Crippen LogP contribution < -0.4 is 0 Å². The molecule has 1 aromatic carbocycles. The Kier molecular flexibility index (Phi) is 2.70. The van der Waals surface area contributed by atoms with Crippen LogP contribution in [0.5, 0.6) is 0 Å².